The molecule has 1 amide bonds. The van der Waals surface area contributed by atoms with E-state index in [-0.39, 0.29) is 16.3 Å². The fourth-order valence-corrected chi connectivity index (χ4v) is 3.83. The van der Waals surface area contributed by atoms with Crippen LogP contribution in [0.4, 0.5) is 10.1 Å². The van der Waals surface area contributed by atoms with Crippen LogP contribution in [0.3, 0.4) is 0 Å². The predicted octanol–water partition coefficient (Wildman–Crippen LogP) is 5.02. The second-order valence-electron chi connectivity index (χ2n) is 4.58. The fraction of sp³-hybridized carbons (Fsp3) is 0.133. The molecule has 21 heavy (non-hydrogen) atoms. The molecule has 2 aromatic rings. The third-order valence-electron chi connectivity index (χ3n) is 3.20. The summed E-state index contributed by atoms with van der Waals surface area (Å²) >= 11 is 10.8. The van der Waals surface area contributed by atoms with Crippen LogP contribution >= 0.6 is 39.3 Å². The van der Waals surface area contributed by atoms with E-state index in [1.54, 1.807) is 22.7 Å². The maximum Gasteiger partial charge on any atom is 0.238 e. The van der Waals surface area contributed by atoms with Crippen LogP contribution in [-0.2, 0) is 4.79 Å². The molecular formula is C15H10BrClFNOS. The molecule has 1 atom stereocenters. The van der Waals surface area contributed by atoms with E-state index in [0.717, 1.165) is 10.0 Å². The lowest BCUT2D eigenvalue weighted by Gasteiger charge is -2.24. The van der Waals surface area contributed by atoms with Crippen LogP contribution in [0, 0.1) is 5.82 Å². The molecular weight excluding hydrogens is 377 g/mol. The Morgan fingerprint density at radius 3 is 2.62 bits per heavy atom. The summed E-state index contributed by atoms with van der Waals surface area (Å²) in [6.07, 6.45) is 0. The number of thioether (sulfide) groups is 1. The predicted molar refractivity (Wildman–Crippen MR) is 88.2 cm³/mol. The summed E-state index contributed by atoms with van der Waals surface area (Å²) in [5, 5.41) is -0.0983. The third kappa shape index (κ3) is 2.96. The minimum Gasteiger partial charge on any atom is -0.295 e. The highest BCUT2D eigenvalue weighted by molar-refractivity contribution is 9.10. The van der Waals surface area contributed by atoms with Crippen molar-refractivity contribution >= 4 is 50.9 Å². The number of amides is 1. The summed E-state index contributed by atoms with van der Waals surface area (Å²) < 4.78 is 14.3. The summed E-state index contributed by atoms with van der Waals surface area (Å²) in [6, 6.07) is 12.2. The van der Waals surface area contributed by atoms with Gasteiger partial charge in [-0.25, -0.2) is 4.39 Å². The summed E-state index contributed by atoms with van der Waals surface area (Å²) in [7, 11) is 0. The Morgan fingerprint density at radius 1 is 1.24 bits per heavy atom. The topological polar surface area (TPSA) is 20.3 Å². The van der Waals surface area contributed by atoms with Gasteiger partial charge in [0.1, 0.15) is 11.2 Å². The molecule has 2 aromatic carbocycles. The number of anilines is 1. The highest BCUT2D eigenvalue weighted by Gasteiger charge is 2.34. The maximum atomic E-state index is 13.3. The first-order valence-electron chi connectivity index (χ1n) is 6.20. The van der Waals surface area contributed by atoms with Crippen molar-refractivity contribution in [2.45, 2.75) is 5.37 Å². The number of nitrogens with zero attached hydrogens (tertiary/aromatic N) is 1. The van der Waals surface area contributed by atoms with Gasteiger partial charge in [0.2, 0.25) is 5.91 Å². The monoisotopic (exact) mass is 385 g/mol. The van der Waals surface area contributed by atoms with Gasteiger partial charge in [0.25, 0.3) is 0 Å². The maximum absolute atomic E-state index is 13.3. The highest BCUT2D eigenvalue weighted by atomic mass is 79.9. The molecule has 3 rings (SSSR count). The van der Waals surface area contributed by atoms with Crippen LogP contribution in [0.15, 0.2) is 46.9 Å². The summed E-state index contributed by atoms with van der Waals surface area (Å²) in [6.45, 7) is 0. The van der Waals surface area contributed by atoms with Crippen molar-refractivity contribution in [3.05, 3.63) is 63.3 Å². The Balaban J connectivity index is 1.99. The van der Waals surface area contributed by atoms with E-state index < -0.39 is 5.82 Å². The quantitative estimate of drug-likeness (QED) is 0.722. The smallest absolute Gasteiger partial charge is 0.238 e. The molecule has 1 fully saturated rings. The van der Waals surface area contributed by atoms with E-state index in [1.807, 2.05) is 24.3 Å². The zero-order valence-electron chi connectivity index (χ0n) is 10.7. The van der Waals surface area contributed by atoms with Gasteiger partial charge in [-0.2, -0.15) is 0 Å². The Labute approximate surface area is 139 Å². The number of rotatable bonds is 2. The van der Waals surface area contributed by atoms with E-state index in [2.05, 4.69) is 15.9 Å². The fourth-order valence-electron chi connectivity index (χ4n) is 2.21. The van der Waals surface area contributed by atoms with E-state index in [0.29, 0.717) is 11.4 Å². The van der Waals surface area contributed by atoms with Crippen LogP contribution in [0.5, 0.6) is 0 Å². The second kappa shape index (κ2) is 5.99. The largest absolute Gasteiger partial charge is 0.295 e. The molecule has 0 aromatic heterocycles. The van der Waals surface area contributed by atoms with Gasteiger partial charge in [0.15, 0.2) is 0 Å². The highest BCUT2D eigenvalue weighted by Crippen LogP contribution is 2.42. The first-order chi connectivity index (χ1) is 10.1. The first kappa shape index (κ1) is 14.9. The van der Waals surface area contributed by atoms with Gasteiger partial charge in [-0.1, -0.05) is 39.7 Å². The van der Waals surface area contributed by atoms with E-state index in [1.165, 1.54) is 12.1 Å². The minimum absolute atomic E-state index is 0.00408. The standard InChI is InChI=1S/C15H10BrClFNOS/c16-10-3-1-9(2-4-10)15-19(14(20)8-21-15)11-5-6-13(18)12(17)7-11/h1-7,15H,8H2. The van der Waals surface area contributed by atoms with Crippen LogP contribution < -0.4 is 4.90 Å². The summed E-state index contributed by atoms with van der Waals surface area (Å²) in [4.78, 5) is 13.8. The molecule has 0 N–H and O–H groups in total. The van der Waals surface area contributed by atoms with Gasteiger partial charge >= 0.3 is 0 Å². The molecule has 1 aliphatic rings. The molecule has 108 valence electrons. The Bertz CT molecular complexity index is 695. The molecule has 6 heteroatoms. The molecule has 0 aliphatic carbocycles. The normalized spacial score (nSPS) is 18.3. The van der Waals surface area contributed by atoms with Gasteiger partial charge in [-0.15, -0.1) is 11.8 Å². The van der Waals surface area contributed by atoms with Crippen LogP contribution in [0.1, 0.15) is 10.9 Å². The molecule has 0 spiro atoms. The van der Waals surface area contributed by atoms with Crippen molar-refractivity contribution in [3.63, 3.8) is 0 Å². The summed E-state index contributed by atoms with van der Waals surface area (Å²) in [5.74, 6) is -0.0917. The number of carbonyl (C=O) groups is 1. The Hall–Kier alpha value is -1.04. The number of halogens is 3. The van der Waals surface area contributed by atoms with E-state index in [9.17, 15) is 9.18 Å². The molecule has 1 saturated heterocycles. The zero-order valence-corrected chi connectivity index (χ0v) is 13.9. The first-order valence-corrected chi connectivity index (χ1v) is 8.42. The average Bonchev–Trinajstić information content (AvgIpc) is 2.85. The van der Waals surface area contributed by atoms with Crippen LogP contribution in [0.25, 0.3) is 0 Å². The van der Waals surface area contributed by atoms with Gasteiger partial charge in [-0.3, -0.25) is 9.69 Å². The van der Waals surface area contributed by atoms with Gasteiger partial charge in [0.05, 0.1) is 10.8 Å². The van der Waals surface area contributed by atoms with Gasteiger partial charge < -0.3 is 0 Å². The third-order valence-corrected chi connectivity index (χ3v) is 5.24. The van der Waals surface area contributed by atoms with Crippen molar-refractivity contribution < 1.29 is 9.18 Å². The molecule has 1 heterocycles. The van der Waals surface area contributed by atoms with E-state index in [4.69, 9.17) is 11.6 Å². The number of carbonyl (C=O) groups excluding carboxylic acids is 1. The lowest BCUT2D eigenvalue weighted by Crippen LogP contribution is -2.27. The van der Waals surface area contributed by atoms with Crippen molar-refractivity contribution in [3.8, 4) is 0 Å². The Kier molecular flexibility index (Phi) is 4.24. The lowest BCUT2D eigenvalue weighted by molar-refractivity contribution is -0.115. The van der Waals surface area contributed by atoms with Crippen molar-refractivity contribution in [2.75, 3.05) is 10.7 Å². The minimum atomic E-state index is -0.486. The zero-order chi connectivity index (χ0) is 15.0. The molecule has 0 bridgehead atoms. The second-order valence-corrected chi connectivity index (χ2v) is 6.97. The number of benzene rings is 2. The SMILES string of the molecule is O=C1CSC(c2ccc(Br)cc2)N1c1ccc(F)c(Cl)c1. The van der Waals surface area contributed by atoms with Crippen LogP contribution in [0.2, 0.25) is 5.02 Å². The van der Waals surface area contributed by atoms with Gasteiger partial charge in [0, 0.05) is 10.2 Å². The van der Waals surface area contributed by atoms with Crippen molar-refractivity contribution in [1.29, 1.82) is 0 Å². The molecule has 0 radical (unpaired) electrons. The van der Waals surface area contributed by atoms with Gasteiger partial charge in [-0.05, 0) is 35.9 Å². The van der Waals surface area contributed by atoms with Crippen molar-refractivity contribution in [2.24, 2.45) is 0 Å². The molecule has 1 unspecified atom stereocenters. The van der Waals surface area contributed by atoms with Crippen molar-refractivity contribution in [1.82, 2.24) is 0 Å². The van der Waals surface area contributed by atoms with Crippen LogP contribution in [-0.4, -0.2) is 11.7 Å². The molecule has 1 aliphatic heterocycles. The molecule has 0 saturated carbocycles. The molecule has 2 nitrogen and oxygen atoms in total. The average molecular weight is 387 g/mol. The number of hydrogen-bond donors (Lipinski definition) is 0. The Morgan fingerprint density at radius 2 is 1.95 bits per heavy atom. The lowest BCUT2D eigenvalue weighted by atomic mass is 10.2. The summed E-state index contributed by atoms with van der Waals surface area (Å²) in [5.41, 5.74) is 1.64. The van der Waals surface area contributed by atoms with E-state index >= 15 is 0 Å². The number of hydrogen-bond acceptors (Lipinski definition) is 2.